The van der Waals surface area contributed by atoms with Crippen molar-refractivity contribution in [1.29, 1.82) is 0 Å². The minimum atomic E-state index is -0.476. The number of hydrogen-bond acceptors (Lipinski definition) is 4. The van der Waals surface area contributed by atoms with Crippen LogP contribution in [-0.2, 0) is 4.74 Å². The van der Waals surface area contributed by atoms with Crippen LogP contribution < -0.4 is 0 Å². The SMILES string of the molecule is CCOC(=O)c1n[nH]nc1-c1ccccc1-c1ccccc1C. The molecule has 0 bridgehead atoms. The molecule has 5 heteroatoms. The molecule has 0 saturated heterocycles. The molecule has 0 aliphatic carbocycles. The van der Waals surface area contributed by atoms with Crippen LogP contribution in [0.4, 0.5) is 0 Å². The standard InChI is InChI=1S/C18H17N3O2/c1-3-23-18(22)17-16(19-21-20-17)15-11-7-6-10-14(15)13-9-5-4-8-12(13)2/h4-11H,3H2,1-2H3,(H,19,20,21). The molecule has 3 rings (SSSR count). The van der Waals surface area contributed by atoms with Crippen molar-refractivity contribution in [3.63, 3.8) is 0 Å². The van der Waals surface area contributed by atoms with Gasteiger partial charge >= 0.3 is 5.97 Å². The summed E-state index contributed by atoms with van der Waals surface area (Å²) >= 11 is 0. The lowest BCUT2D eigenvalue weighted by Crippen LogP contribution is -2.07. The zero-order valence-electron chi connectivity index (χ0n) is 13.0. The van der Waals surface area contributed by atoms with Crippen LogP contribution in [0, 0.1) is 6.92 Å². The van der Waals surface area contributed by atoms with Gasteiger partial charge in [-0.15, -0.1) is 5.10 Å². The minimum absolute atomic E-state index is 0.202. The number of H-pyrrole nitrogens is 1. The van der Waals surface area contributed by atoms with Gasteiger partial charge in [0.15, 0.2) is 5.69 Å². The van der Waals surface area contributed by atoms with E-state index in [0.717, 1.165) is 22.3 Å². The van der Waals surface area contributed by atoms with E-state index >= 15 is 0 Å². The van der Waals surface area contributed by atoms with E-state index in [0.29, 0.717) is 12.3 Å². The van der Waals surface area contributed by atoms with Crippen molar-refractivity contribution >= 4 is 5.97 Å². The van der Waals surface area contributed by atoms with Gasteiger partial charge in [0.2, 0.25) is 0 Å². The highest BCUT2D eigenvalue weighted by Crippen LogP contribution is 2.33. The van der Waals surface area contributed by atoms with Gasteiger partial charge in [-0.3, -0.25) is 0 Å². The minimum Gasteiger partial charge on any atom is -0.461 e. The molecule has 116 valence electrons. The molecular weight excluding hydrogens is 290 g/mol. The van der Waals surface area contributed by atoms with Gasteiger partial charge in [-0.25, -0.2) is 4.79 Å². The van der Waals surface area contributed by atoms with Crippen LogP contribution in [0.5, 0.6) is 0 Å². The summed E-state index contributed by atoms with van der Waals surface area (Å²) in [6.45, 7) is 4.12. The first kappa shape index (κ1) is 15.0. The molecule has 0 saturated carbocycles. The summed E-state index contributed by atoms with van der Waals surface area (Å²) in [5, 5.41) is 10.7. The molecule has 0 unspecified atom stereocenters. The van der Waals surface area contributed by atoms with Gasteiger partial charge in [-0.05, 0) is 30.5 Å². The molecule has 0 aliphatic rings. The lowest BCUT2D eigenvalue weighted by Gasteiger charge is -2.11. The smallest absolute Gasteiger partial charge is 0.361 e. The molecule has 23 heavy (non-hydrogen) atoms. The van der Waals surface area contributed by atoms with Crippen LogP contribution in [0.3, 0.4) is 0 Å². The topological polar surface area (TPSA) is 67.9 Å². The molecule has 3 aromatic rings. The Balaban J connectivity index is 2.15. The Labute approximate surface area is 134 Å². The average Bonchev–Trinajstić information content (AvgIpc) is 3.05. The van der Waals surface area contributed by atoms with Crippen molar-refractivity contribution in [2.45, 2.75) is 13.8 Å². The van der Waals surface area contributed by atoms with E-state index in [2.05, 4.69) is 34.5 Å². The summed E-state index contributed by atoms with van der Waals surface area (Å²) in [6.07, 6.45) is 0. The number of ether oxygens (including phenoxy) is 1. The van der Waals surface area contributed by atoms with Gasteiger partial charge in [0, 0.05) is 5.56 Å². The van der Waals surface area contributed by atoms with Crippen LogP contribution in [0.15, 0.2) is 48.5 Å². The quantitative estimate of drug-likeness (QED) is 0.747. The third-order valence-electron chi connectivity index (χ3n) is 3.63. The Morgan fingerprint density at radius 3 is 2.35 bits per heavy atom. The van der Waals surface area contributed by atoms with Crippen LogP contribution in [0.1, 0.15) is 23.0 Å². The maximum absolute atomic E-state index is 12.1. The number of carbonyl (C=O) groups excluding carboxylic acids is 1. The molecule has 1 N–H and O–H groups in total. The molecule has 0 amide bonds. The maximum atomic E-state index is 12.1. The van der Waals surface area contributed by atoms with Gasteiger partial charge < -0.3 is 4.74 Å². The number of aromatic amines is 1. The number of nitrogens with zero attached hydrogens (tertiary/aromatic N) is 2. The molecule has 1 heterocycles. The van der Waals surface area contributed by atoms with E-state index in [1.54, 1.807) is 6.92 Å². The highest BCUT2D eigenvalue weighted by Gasteiger charge is 2.21. The predicted molar refractivity (Wildman–Crippen MR) is 87.9 cm³/mol. The Morgan fingerprint density at radius 1 is 1.00 bits per heavy atom. The normalized spacial score (nSPS) is 10.5. The van der Waals surface area contributed by atoms with Crippen LogP contribution >= 0.6 is 0 Å². The highest BCUT2D eigenvalue weighted by atomic mass is 16.5. The fourth-order valence-electron chi connectivity index (χ4n) is 2.56. The van der Waals surface area contributed by atoms with Crippen LogP contribution in [-0.4, -0.2) is 28.0 Å². The monoisotopic (exact) mass is 307 g/mol. The second-order valence-electron chi connectivity index (χ2n) is 5.10. The maximum Gasteiger partial charge on any atom is 0.361 e. The number of aryl methyl sites for hydroxylation is 1. The second kappa shape index (κ2) is 6.44. The molecule has 2 aromatic carbocycles. The highest BCUT2D eigenvalue weighted by molar-refractivity contribution is 5.96. The molecule has 0 spiro atoms. The van der Waals surface area contributed by atoms with Crippen molar-refractivity contribution < 1.29 is 9.53 Å². The Hall–Kier alpha value is -2.95. The van der Waals surface area contributed by atoms with E-state index in [1.165, 1.54) is 0 Å². The number of carbonyl (C=O) groups is 1. The lowest BCUT2D eigenvalue weighted by molar-refractivity contribution is 0.0520. The summed E-state index contributed by atoms with van der Waals surface area (Å²) in [6, 6.07) is 15.9. The zero-order chi connectivity index (χ0) is 16.2. The summed E-state index contributed by atoms with van der Waals surface area (Å²) in [5.41, 5.74) is 4.81. The molecular formula is C18H17N3O2. The number of nitrogens with one attached hydrogen (secondary N) is 1. The number of esters is 1. The van der Waals surface area contributed by atoms with Crippen molar-refractivity contribution in [1.82, 2.24) is 15.4 Å². The van der Waals surface area contributed by atoms with Crippen LogP contribution in [0.25, 0.3) is 22.4 Å². The first-order valence-corrected chi connectivity index (χ1v) is 7.45. The molecule has 0 fully saturated rings. The first-order chi connectivity index (χ1) is 11.2. The van der Waals surface area contributed by atoms with Crippen LogP contribution in [0.2, 0.25) is 0 Å². The van der Waals surface area contributed by atoms with E-state index < -0.39 is 5.97 Å². The largest absolute Gasteiger partial charge is 0.461 e. The summed E-state index contributed by atoms with van der Waals surface area (Å²) in [5.74, 6) is -0.476. The Kier molecular flexibility index (Phi) is 4.19. The number of aromatic nitrogens is 3. The fraction of sp³-hybridized carbons (Fsp3) is 0.167. The summed E-state index contributed by atoms with van der Waals surface area (Å²) in [4.78, 5) is 12.1. The molecule has 0 aliphatic heterocycles. The average molecular weight is 307 g/mol. The van der Waals surface area contributed by atoms with Gasteiger partial charge in [-0.2, -0.15) is 10.3 Å². The Morgan fingerprint density at radius 2 is 1.65 bits per heavy atom. The van der Waals surface area contributed by atoms with Crippen molar-refractivity contribution in [3.05, 3.63) is 59.8 Å². The fourth-order valence-corrected chi connectivity index (χ4v) is 2.56. The van der Waals surface area contributed by atoms with E-state index in [9.17, 15) is 4.79 Å². The van der Waals surface area contributed by atoms with Crippen molar-refractivity contribution in [3.8, 4) is 22.4 Å². The van der Waals surface area contributed by atoms with E-state index in [-0.39, 0.29) is 5.69 Å². The van der Waals surface area contributed by atoms with Crippen molar-refractivity contribution in [2.24, 2.45) is 0 Å². The number of benzene rings is 2. The number of rotatable bonds is 4. The van der Waals surface area contributed by atoms with Crippen molar-refractivity contribution in [2.75, 3.05) is 6.61 Å². The molecule has 0 atom stereocenters. The molecule has 1 aromatic heterocycles. The zero-order valence-corrected chi connectivity index (χ0v) is 13.0. The van der Waals surface area contributed by atoms with Gasteiger partial charge in [0.1, 0.15) is 5.69 Å². The predicted octanol–water partition coefficient (Wildman–Crippen LogP) is 3.62. The van der Waals surface area contributed by atoms with Gasteiger partial charge in [0.05, 0.1) is 6.61 Å². The lowest BCUT2D eigenvalue weighted by atomic mass is 9.94. The summed E-state index contributed by atoms with van der Waals surface area (Å²) in [7, 11) is 0. The third kappa shape index (κ3) is 2.85. The van der Waals surface area contributed by atoms with Gasteiger partial charge in [0.25, 0.3) is 0 Å². The summed E-state index contributed by atoms with van der Waals surface area (Å²) < 4.78 is 5.06. The third-order valence-corrected chi connectivity index (χ3v) is 3.63. The second-order valence-corrected chi connectivity index (χ2v) is 5.10. The van der Waals surface area contributed by atoms with E-state index in [1.807, 2.05) is 36.4 Å². The van der Waals surface area contributed by atoms with E-state index in [4.69, 9.17) is 4.74 Å². The molecule has 5 nitrogen and oxygen atoms in total. The number of hydrogen-bond donors (Lipinski definition) is 1. The Bertz CT molecular complexity index is 840. The first-order valence-electron chi connectivity index (χ1n) is 7.45. The molecule has 0 radical (unpaired) electrons. The van der Waals surface area contributed by atoms with Gasteiger partial charge in [-0.1, -0.05) is 48.5 Å².